The SMILES string of the molecule is Cc1cc(F)cc([C@@H]2COCCN2)c1O.Cl. The fourth-order valence-corrected chi connectivity index (χ4v) is 1.79. The molecule has 0 amide bonds. The first-order valence-corrected chi connectivity index (χ1v) is 4.98. The maximum atomic E-state index is 13.2. The Bertz CT molecular complexity index is 367. The summed E-state index contributed by atoms with van der Waals surface area (Å²) in [6, 6.07) is 2.56. The zero-order valence-electron chi connectivity index (χ0n) is 9.00. The molecule has 2 N–H and O–H groups in total. The van der Waals surface area contributed by atoms with E-state index in [0.29, 0.717) is 24.3 Å². The van der Waals surface area contributed by atoms with Gasteiger partial charge in [0.1, 0.15) is 11.6 Å². The van der Waals surface area contributed by atoms with E-state index in [1.54, 1.807) is 6.92 Å². The molecule has 90 valence electrons. The van der Waals surface area contributed by atoms with Crippen LogP contribution in [0.2, 0.25) is 0 Å². The molecule has 1 saturated heterocycles. The highest BCUT2D eigenvalue weighted by molar-refractivity contribution is 5.85. The summed E-state index contributed by atoms with van der Waals surface area (Å²) in [5.74, 6) is -0.174. The number of hydrogen-bond acceptors (Lipinski definition) is 3. The van der Waals surface area contributed by atoms with Crippen molar-refractivity contribution in [3.8, 4) is 5.75 Å². The molecular formula is C11H15ClFNO2. The van der Waals surface area contributed by atoms with Crippen LogP contribution in [0, 0.1) is 12.7 Å². The van der Waals surface area contributed by atoms with Crippen LogP contribution in [0.5, 0.6) is 5.75 Å². The molecule has 0 unspecified atom stereocenters. The normalized spacial score (nSPS) is 20.2. The number of aromatic hydroxyl groups is 1. The van der Waals surface area contributed by atoms with Crippen LogP contribution in [0.3, 0.4) is 0 Å². The second-order valence-electron chi connectivity index (χ2n) is 3.74. The molecule has 1 atom stereocenters. The third-order valence-corrected chi connectivity index (χ3v) is 2.59. The van der Waals surface area contributed by atoms with Crippen molar-refractivity contribution >= 4 is 12.4 Å². The molecular weight excluding hydrogens is 233 g/mol. The van der Waals surface area contributed by atoms with Crippen LogP contribution in [-0.2, 0) is 4.74 Å². The zero-order valence-corrected chi connectivity index (χ0v) is 9.81. The van der Waals surface area contributed by atoms with Crippen molar-refractivity contribution in [1.82, 2.24) is 5.32 Å². The van der Waals surface area contributed by atoms with Crippen LogP contribution in [0.25, 0.3) is 0 Å². The monoisotopic (exact) mass is 247 g/mol. The minimum Gasteiger partial charge on any atom is -0.507 e. The average Bonchev–Trinajstić information content (AvgIpc) is 2.24. The van der Waals surface area contributed by atoms with Gasteiger partial charge in [-0.3, -0.25) is 0 Å². The van der Waals surface area contributed by atoms with Crippen LogP contribution in [-0.4, -0.2) is 24.9 Å². The van der Waals surface area contributed by atoms with E-state index in [1.165, 1.54) is 12.1 Å². The van der Waals surface area contributed by atoms with Gasteiger partial charge in [-0.05, 0) is 24.6 Å². The van der Waals surface area contributed by atoms with Crippen molar-refractivity contribution in [2.24, 2.45) is 0 Å². The molecule has 0 aliphatic carbocycles. The first kappa shape index (κ1) is 13.2. The number of rotatable bonds is 1. The fourth-order valence-electron chi connectivity index (χ4n) is 1.79. The van der Waals surface area contributed by atoms with E-state index in [-0.39, 0.29) is 30.0 Å². The third-order valence-electron chi connectivity index (χ3n) is 2.59. The zero-order chi connectivity index (χ0) is 10.8. The first-order valence-electron chi connectivity index (χ1n) is 4.98. The molecule has 1 aromatic rings. The molecule has 2 rings (SSSR count). The smallest absolute Gasteiger partial charge is 0.124 e. The Balaban J connectivity index is 0.00000128. The molecule has 1 aliphatic rings. The van der Waals surface area contributed by atoms with Gasteiger partial charge >= 0.3 is 0 Å². The Labute approximate surface area is 100 Å². The Hall–Kier alpha value is -0.840. The van der Waals surface area contributed by atoms with Gasteiger partial charge in [-0.15, -0.1) is 12.4 Å². The van der Waals surface area contributed by atoms with Crippen molar-refractivity contribution in [2.45, 2.75) is 13.0 Å². The van der Waals surface area contributed by atoms with Crippen molar-refractivity contribution < 1.29 is 14.2 Å². The van der Waals surface area contributed by atoms with Gasteiger partial charge in [0, 0.05) is 12.1 Å². The number of phenolic OH excluding ortho intramolecular Hbond substituents is 1. The van der Waals surface area contributed by atoms with Crippen LogP contribution >= 0.6 is 12.4 Å². The highest BCUT2D eigenvalue weighted by Gasteiger charge is 2.20. The van der Waals surface area contributed by atoms with Crippen LogP contribution < -0.4 is 5.32 Å². The van der Waals surface area contributed by atoms with E-state index in [9.17, 15) is 9.50 Å². The number of morpholine rings is 1. The number of phenols is 1. The topological polar surface area (TPSA) is 41.5 Å². The van der Waals surface area contributed by atoms with E-state index in [4.69, 9.17) is 4.74 Å². The molecule has 1 fully saturated rings. The minimum absolute atomic E-state index is 0. The Morgan fingerprint density at radius 3 is 2.88 bits per heavy atom. The van der Waals surface area contributed by atoms with Gasteiger partial charge in [0.05, 0.1) is 19.3 Å². The highest BCUT2D eigenvalue weighted by atomic mass is 35.5. The summed E-state index contributed by atoms with van der Waals surface area (Å²) >= 11 is 0. The quantitative estimate of drug-likeness (QED) is 0.797. The van der Waals surface area contributed by atoms with Gasteiger partial charge in [-0.1, -0.05) is 0 Å². The van der Waals surface area contributed by atoms with E-state index in [0.717, 1.165) is 6.54 Å². The molecule has 0 radical (unpaired) electrons. The average molecular weight is 248 g/mol. The van der Waals surface area contributed by atoms with Gasteiger partial charge in [0.25, 0.3) is 0 Å². The molecule has 0 saturated carbocycles. The lowest BCUT2D eigenvalue weighted by Gasteiger charge is -2.25. The third kappa shape index (κ3) is 2.64. The molecule has 1 aliphatic heterocycles. The summed E-state index contributed by atoms with van der Waals surface area (Å²) in [6.07, 6.45) is 0. The number of aryl methyl sites for hydroxylation is 1. The molecule has 16 heavy (non-hydrogen) atoms. The number of nitrogens with one attached hydrogen (secondary N) is 1. The number of ether oxygens (including phenoxy) is 1. The van der Waals surface area contributed by atoms with E-state index in [2.05, 4.69) is 5.32 Å². The molecule has 1 aromatic carbocycles. The Morgan fingerprint density at radius 1 is 1.50 bits per heavy atom. The molecule has 1 heterocycles. The predicted molar refractivity (Wildman–Crippen MR) is 61.6 cm³/mol. The van der Waals surface area contributed by atoms with Crippen molar-refractivity contribution in [2.75, 3.05) is 19.8 Å². The Kier molecular flexibility index (Phi) is 4.53. The Morgan fingerprint density at radius 2 is 2.25 bits per heavy atom. The molecule has 3 nitrogen and oxygen atoms in total. The van der Waals surface area contributed by atoms with E-state index < -0.39 is 0 Å². The number of hydrogen-bond donors (Lipinski definition) is 2. The number of halogens is 2. The van der Waals surface area contributed by atoms with Crippen molar-refractivity contribution in [1.29, 1.82) is 0 Å². The standard InChI is InChI=1S/C11H14FNO2.ClH/c1-7-4-8(12)5-9(11(7)14)10-6-15-3-2-13-10;/h4-5,10,13-14H,2-3,6H2,1H3;1H/t10-;/m0./s1. The van der Waals surface area contributed by atoms with Gasteiger partial charge in [0.15, 0.2) is 0 Å². The summed E-state index contributed by atoms with van der Waals surface area (Å²) < 4.78 is 18.5. The van der Waals surface area contributed by atoms with Gasteiger partial charge in [0.2, 0.25) is 0 Å². The lowest BCUT2D eigenvalue weighted by atomic mass is 10.0. The molecule has 0 bridgehead atoms. The molecule has 0 spiro atoms. The van der Waals surface area contributed by atoms with Crippen molar-refractivity contribution in [3.63, 3.8) is 0 Å². The minimum atomic E-state index is -0.326. The lowest BCUT2D eigenvalue weighted by Crippen LogP contribution is -2.34. The highest BCUT2D eigenvalue weighted by Crippen LogP contribution is 2.29. The lowest BCUT2D eigenvalue weighted by molar-refractivity contribution is 0.0759. The fraction of sp³-hybridized carbons (Fsp3) is 0.455. The van der Waals surface area contributed by atoms with Gasteiger partial charge in [-0.2, -0.15) is 0 Å². The summed E-state index contributed by atoms with van der Waals surface area (Å²) in [6.45, 7) is 3.53. The van der Waals surface area contributed by atoms with Crippen LogP contribution in [0.1, 0.15) is 17.2 Å². The second-order valence-corrected chi connectivity index (χ2v) is 3.74. The van der Waals surface area contributed by atoms with Crippen LogP contribution in [0.4, 0.5) is 4.39 Å². The predicted octanol–water partition coefficient (Wildman–Crippen LogP) is 1.92. The number of benzene rings is 1. The van der Waals surface area contributed by atoms with E-state index in [1.807, 2.05) is 0 Å². The largest absolute Gasteiger partial charge is 0.507 e. The maximum Gasteiger partial charge on any atom is 0.124 e. The van der Waals surface area contributed by atoms with E-state index >= 15 is 0 Å². The summed E-state index contributed by atoms with van der Waals surface area (Å²) in [5, 5.41) is 13.0. The second kappa shape index (κ2) is 5.48. The van der Waals surface area contributed by atoms with Crippen LogP contribution in [0.15, 0.2) is 12.1 Å². The molecule has 5 heteroatoms. The van der Waals surface area contributed by atoms with Gasteiger partial charge in [-0.25, -0.2) is 4.39 Å². The van der Waals surface area contributed by atoms with Gasteiger partial charge < -0.3 is 15.2 Å². The molecule has 0 aromatic heterocycles. The maximum absolute atomic E-state index is 13.2. The summed E-state index contributed by atoms with van der Waals surface area (Å²) in [5.41, 5.74) is 1.13. The summed E-state index contributed by atoms with van der Waals surface area (Å²) in [7, 11) is 0. The van der Waals surface area contributed by atoms with Crippen molar-refractivity contribution in [3.05, 3.63) is 29.1 Å². The first-order chi connectivity index (χ1) is 7.18. The summed E-state index contributed by atoms with van der Waals surface area (Å²) in [4.78, 5) is 0.